The van der Waals surface area contributed by atoms with Gasteiger partial charge in [0.25, 0.3) is 11.5 Å². The molecular formula is C25H15F3N4O3. The van der Waals surface area contributed by atoms with Crippen LogP contribution in [0.25, 0.3) is 16.7 Å². The molecule has 0 aliphatic heterocycles. The largest absolute Gasteiger partial charge is 0.453 e. The molecule has 10 heteroatoms. The number of pyridine rings is 2. The average molecular weight is 476 g/mol. The summed E-state index contributed by atoms with van der Waals surface area (Å²) in [6.45, 7) is 0. The Morgan fingerprint density at radius 1 is 0.971 bits per heavy atom. The number of amides is 1. The van der Waals surface area contributed by atoms with Gasteiger partial charge in [-0.05, 0) is 48.5 Å². The zero-order chi connectivity index (χ0) is 24.5. The van der Waals surface area contributed by atoms with Crippen LogP contribution in [0.5, 0.6) is 11.5 Å². The van der Waals surface area contributed by atoms with Crippen LogP contribution in [0, 0.1) is 17.5 Å². The molecule has 0 fully saturated rings. The topological polar surface area (TPSA) is 89.0 Å². The summed E-state index contributed by atoms with van der Waals surface area (Å²) in [6, 6.07) is 12.5. The molecule has 1 amide bonds. The Hall–Kier alpha value is -4.86. The summed E-state index contributed by atoms with van der Waals surface area (Å²) in [5.41, 5.74) is -0.661. The van der Waals surface area contributed by atoms with Gasteiger partial charge in [-0.2, -0.15) is 0 Å². The fourth-order valence-corrected chi connectivity index (χ4v) is 3.51. The molecule has 0 saturated carbocycles. The van der Waals surface area contributed by atoms with Crippen molar-refractivity contribution in [3.63, 3.8) is 0 Å². The number of hydrogen-bond acceptors (Lipinski definition) is 4. The third-order valence-electron chi connectivity index (χ3n) is 5.21. The molecule has 0 saturated heterocycles. The lowest BCUT2D eigenvalue weighted by atomic mass is 10.2. The molecule has 2 N–H and O–H groups in total. The Bertz CT molecular complexity index is 1630. The number of rotatable bonds is 5. The maximum absolute atomic E-state index is 14.7. The average Bonchev–Trinajstić information content (AvgIpc) is 3.33. The molecular weight excluding hydrogens is 461 g/mol. The van der Waals surface area contributed by atoms with Crippen molar-refractivity contribution in [2.75, 3.05) is 5.32 Å². The molecule has 174 valence electrons. The van der Waals surface area contributed by atoms with Gasteiger partial charge in [0, 0.05) is 36.4 Å². The number of ether oxygens (including phenoxy) is 1. The van der Waals surface area contributed by atoms with Crippen molar-refractivity contribution in [3.05, 3.63) is 113 Å². The lowest BCUT2D eigenvalue weighted by molar-refractivity contribution is 0.102. The van der Waals surface area contributed by atoms with Crippen LogP contribution in [0.2, 0.25) is 0 Å². The van der Waals surface area contributed by atoms with Gasteiger partial charge in [0.05, 0.1) is 11.1 Å². The van der Waals surface area contributed by atoms with E-state index in [1.165, 1.54) is 54.9 Å². The molecule has 0 unspecified atom stereocenters. The van der Waals surface area contributed by atoms with Gasteiger partial charge >= 0.3 is 0 Å². The predicted octanol–water partition coefficient (Wildman–Crippen LogP) is 5.18. The maximum atomic E-state index is 14.7. The number of H-pyrrole nitrogens is 1. The third-order valence-corrected chi connectivity index (χ3v) is 5.21. The van der Waals surface area contributed by atoms with E-state index in [2.05, 4.69) is 15.3 Å². The summed E-state index contributed by atoms with van der Waals surface area (Å²) < 4.78 is 49.3. The number of nitrogens with zero attached hydrogens (tertiary/aromatic N) is 2. The van der Waals surface area contributed by atoms with E-state index in [1.54, 1.807) is 12.3 Å². The van der Waals surface area contributed by atoms with E-state index >= 15 is 0 Å². The van der Waals surface area contributed by atoms with E-state index < -0.39 is 40.4 Å². The highest BCUT2D eigenvalue weighted by molar-refractivity contribution is 6.04. The van der Waals surface area contributed by atoms with Gasteiger partial charge in [-0.25, -0.2) is 18.2 Å². The normalized spacial score (nSPS) is 10.9. The van der Waals surface area contributed by atoms with Gasteiger partial charge in [0.15, 0.2) is 17.4 Å². The minimum atomic E-state index is -0.969. The number of carbonyl (C=O) groups is 1. The maximum Gasteiger partial charge on any atom is 0.267 e. The number of aromatic nitrogens is 3. The Balaban J connectivity index is 1.41. The predicted molar refractivity (Wildman–Crippen MR) is 122 cm³/mol. The zero-order valence-corrected chi connectivity index (χ0v) is 17.8. The monoisotopic (exact) mass is 476 g/mol. The number of carbonyl (C=O) groups excluding carboxylic acids is 1. The van der Waals surface area contributed by atoms with Gasteiger partial charge in [-0.1, -0.05) is 0 Å². The molecule has 0 aliphatic carbocycles. The van der Waals surface area contributed by atoms with Crippen molar-refractivity contribution in [1.82, 2.24) is 14.5 Å². The van der Waals surface area contributed by atoms with Crippen LogP contribution in [0.15, 0.2) is 84.0 Å². The molecule has 0 radical (unpaired) electrons. The van der Waals surface area contributed by atoms with Gasteiger partial charge in [-0.15, -0.1) is 0 Å². The standard InChI is InChI=1S/C25H15F3N4O3/c26-14-3-5-15(6-4-14)32-11-1-2-17(25(32)34)24(33)31-20-12-19(28)22(13-18(20)27)35-21-8-10-30-23-16(21)7-9-29-23/h1-13H,(H,29,30)(H,31,33). The number of halogens is 3. The summed E-state index contributed by atoms with van der Waals surface area (Å²) in [5, 5.41) is 2.79. The molecule has 35 heavy (non-hydrogen) atoms. The van der Waals surface area contributed by atoms with E-state index in [0.29, 0.717) is 16.7 Å². The van der Waals surface area contributed by atoms with E-state index in [1.807, 2.05) is 0 Å². The molecule has 2 aromatic carbocycles. The SMILES string of the molecule is O=C(Nc1cc(F)c(Oc2ccnc3[nH]ccc23)cc1F)c1cccn(-c2ccc(F)cc2)c1=O. The summed E-state index contributed by atoms with van der Waals surface area (Å²) in [6.07, 6.45) is 4.49. The number of nitrogens with one attached hydrogen (secondary N) is 2. The molecule has 0 atom stereocenters. The van der Waals surface area contributed by atoms with Crippen molar-refractivity contribution < 1.29 is 22.7 Å². The van der Waals surface area contributed by atoms with E-state index in [0.717, 1.165) is 16.7 Å². The fraction of sp³-hybridized carbons (Fsp3) is 0. The second-order valence-electron chi connectivity index (χ2n) is 7.44. The highest BCUT2D eigenvalue weighted by Crippen LogP contribution is 2.32. The molecule has 0 spiro atoms. The minimum Gasteiger partial charge on any atom is -0.453 e. The van der Waals surface area contributed by atoms with Crippen molar-refractivity contribution in [3.8, 4) is 17.2 Å². The first kappa shape index (κ1) is 22.0. The van der Waals surface area contributed by atoms with Gasteiger partial charge < -0.3 is 15.0 Å². The summed E-state index contributed by atoms with van der Waals surface area (Å²) in [4.78, 5) is 32.5. The van der Waals surface area contributed by atoms with Gasteiger partial charge in [-0.3, -0.25) is 14.2 Å². The van der Waals surface area contributed by atoms with Crippen LogP contribution >= 0.6 is 0 Å². The summed E-state index contributed by atoms with van der Waals surface area (Å²) in [7, 11) is 0. The number of hydrogen-bond donors (Lipinski definition) is 2. The van der Waals surface area contributed by atoms with Gasteiger partial charge in [0.1, 0.15) is 22.8 Å². The molecule has 5 aromatic rings. The quantitative estimate of drug-likeness (QED) is 0.366. The number of benzene rings is 2. The highest BCUT2D eigenvalue weighted by atomic mass is 19.1. The van der Waals surface area contributed by atoms with Crippen molar-refractivity contribution in [2.45, 2.75) is 0 Å². The number of fused-ring (bicyclic) bond motifs is 1. The van der Waals surface area contributed by atoms with Crippen LogP contribution in [-0.4, -0.2) is 20.4 Å². The summed E-state index contributed by atoms with van der Waals surface area (Å²) >= 11 is 0. The fourth-order valence-electron chi connectivity index (χ4n) is 3.51. The van der Waals surface area contributed by atoms with Crippen LogP contribution in [-0.2, 0) is 0 Å². The number of aromatic amines is 1. The lowest BCUT2D eigenvalue weighted by Crippen LogP contribution is -2.28. The van der Waals surface area contributed by atoms with Gasteiger partial charge in [0.2, 0.25) is 0 Å². The van der Waals surface area contributed by atoms with E-state index in [4.69, 9.17) is 4.74 Å². The Morgan fingerprint density at radius 3 is 2.57 bits per heavy atom. The zero-order valence-electron chi connectivity index (χ0n) is 17.8. The molecule has 5 rings (SSSR count). The van der Waals surface area contributed by atoms with Crippen molar-refractivity contribution >= 4 is 22.6 Å². The molecule has 0 aliphatic rings. The van der Waals surface area contributed by atoms with Crippen LogP contribution in [0.4, 0.5) is 18.9 Å². The second-order valence-corrected chi connectivity index (χ2v) is 7.44. The summed E-state index contributed by atoms with van der Waals surface area (Å²) in [5.74, 6) is -3.46. The second kappa shape index (κ2) is 8.82. The first-order chi connectivity index (χ1) is 16.9. The highest BCUT2D eigenvalue weighted by Gasteiger charge is 2.18. The Labute approximate surface area is 195 Å². The Morgan fingerprint density at radius 2 is 1.77 bits per heavy atom. The van der Waals surface area contributed by atoms with Crippen LogP contribution in [0.1, 0.15) is 10.4 Å². The minimum absolute atomic E-state index is 0.261. The smallest absolute Gasteiger partial charge is 0.267 e. The first-order valence-corrected chi connectivity index (χ1v) is 10.3. The molecule has 3 heterocycles. The third kappa shape index (κ3) is 4.24. The van der Waals surface area contributed by atoms with Crippen LogP contribution in [0.3, 0.4) is 0 Å². The van der Waals surface area contributed by atoms with Crippen LogP contribution < -0.4 is 15.6 Å². The lowest BCUT2D eigenvalue weighted by Gasteiger charge is -2.12. The molecule has 3 aromatic heterocycles. The van der Waals surface area contributed by atoms with Crippen molar-refractivity contribution in [2.24, 2.45) is 0 Å². The first-order valence-electron chi connectivity index (χ1n) is 10.3. The van der Waals surface area contributed by atoms with E-state index in [9.17, 15) is 22.8 Å². The van der Waals surface area contributed by atoms with Crippen molar-refractivity contribution in [1.29, 1.82) is 0 Å². The molecule has 7 nitrogen and oxygen atoms in total. The molecule has 0 bridgehead atoms. The van der Waals surface area contributed by atoms with E-state index in [-0.39, 0.29) is 11.3 Å². The number of anilines is 1. The Kier molecular flexibility index (Phi) is 5.54.